The number of carbonyl (C=O) groups excluding carboxylic acids is 1. The Hall–Kier alpha value is -0.940. The summed E-state index contributed by atoms with van der Waals surface area (Å²) in [5, 5.41) is 3.98. The average Bonchev–Trinajstić information content (AvgIpc) is 2.77. The number of nitrogens with two attached hydrogens (primary N) is 1. The van der Waals surface area contributed by atoms with Crippen molar-refractivity contribution in [2.24, 2.45) is 5.73 Å². The molecule has 108 valence electrons. The standard InChI is InChI=1S/C14H25N3OS/c1-5-8-11-17-10(4)12(19-11)13(18)16-9-14(15,6-2)7-3/h5-9,15H2,1-4H3,(H,16,18). The van der Waals surface area contributed by atoms with Gasteiger partial charge in [-0.15, -0.1) is 11.3 Å². The van der Waals surface area contributed by atoms with Crippen molar-refractivity contribution in [3.05, 3.63) is 15.6 Å². The van der Waals surface area contributed by atoms with E-state index in [4.69, 9.17) is 5.73 Å². The van der Waals surface area contributed by atoms with Crippen LogP contribution in [-0.2, 0) is 6.42 Å². The third-order valence-corrected chi connectivity index (χ3v) is 4.74. The fraction of sp³-hybridized carbons (Fsp3) is 0.714. The molecular weight excluding hydrogens is 258 g/mol. The molecule has 4 nitrogen and oxygen atoms in total. The number of amides is 1. The molecule has 0 fully saturated rings. The quantitative estimate of drug-likeness (QED) is 0.808. The van der Waals surface area contributed by atoms with Gasteiger partial charge in [-0.2, -0.15) is 0 Å². The van der Waals surface area contributed by atoms with Gasteiger partial charge >= 0.3 is 0 Å². The van der Waals surface area contributed by atoms with E-state index in [1.54, 1.807) is 0 Å². The van der Waals surface area contributed by atoms with Gasteiger partial charge in [-0.05, 0) is 32.6 Å². The number of carbonyl (C=O) groups is 1. The summed E-state index contributed by atoms with van der Waals surface area (Å²) < 4.78 is 0. The number of hydrogen-bond acceptors (Lipinski definition) is 4. The van der Waals surface area contributed by atoms with Crippen molar-refractivity contribution in [3.63, 3.8) is 0 Å². The minimum absolute atomic E-state index is 0.0471. The number of nitrogens with one attached hydrogen (secondary N) is 1. The van der Waals surface area contributed by atoms with Gasteiger partial charge in [0, 0.05) is 12.1 Å². The summed E-state index contributed by atoms with van der Waals surface area (Å²) in [7, 11) is 0. The zero-order chi connectivity index (χ0) is 14.5. The molecule has 0 saturated carbocycles. The zero-order valence-electron chi connectivity index (χ0n) is 12.4. The van der Waals surface area contributed by atoms with Gasteiger partial charge in [0.05, 0.1) is 10.7 Å². The number of aryl methyl sites for hydroxylation is 2. The van der Waals surface area contributed by atoms with E-state index in [2.05, 4.69) is 17.2 Å². The van der Waals surface area contributed by atoms with Crippen LogP contribution in [0.3, 0.4) is 0 Å². The number of rotatable bonds is 7. The molecule has 0 aliphatic rings. The fourth-order valence-corrected chi connectivity index (χ4v) is 2.90. The van der Waals surface area contributed by atoms with Gasteiger partial charge in [-0.1, -0.05) is 20.8 Å². The molecule has 3 N–H and O–H groups in total. The highest BCUT2D eigenvalue weighted by molar-refractivity contribution is 7.13. The first-order chi connectivity index (χ1) is 8.95. The highest BCUT2D eigenvalue weighted by atomic mass is 32.1. The van der Waals surface area contributed by atoms with Crippen LogP contribution in [0.2, 0.25) is 0 Å². The summed E-state index contributed by atoms with van der Waals surface area (Å²) in [6, 6.07) is 0. The van der Waals surface area contributed by atoms with Crippen molar-refractivity contribution in [1.29, 1.82) is 0 Å². The van der Waals surface area contributed by atoms with Crippen molar-refractivity contribution in [1.82, 2.24) is 10.3 Å². The van der Waals surface area contributed by atoms with Crippen molar-refractivity contribution in [3.8, 4) is 0 Å². The Balaban J connectivity index is 2.68. The predicted molar refractivity (Wildman–Crippen MR) is 80.7 cm³/mol. The van der Waals surface area contributed by atoms with Crippen LogP contribution in [0.25, 0.3) is 0 Å². The molecule has 0 saturated heterocycles. The van der Waals surface area contributed by atoms with Gasteiger partial charge in [-0.3, -0.25) is 4.79 Å². The first-order valence-corrected chi connectivity index (χ1v) is 7.80. The van der Waals surface area contributed by atoms with E-state index in [0.717, 1.165) is 41.3 Å². The van der Waals surface area contributed by atoms with Gasteiger partial charge in [0.15, 0.2) is 0 Å². The van der Waals surface area contributed by atoms with E-state index in [9.17, 15) is 4.79 Å². The fourth-order valence-electron chi connectivity index (χ4n) is 1.82. The molecule has 0 aliphatic heterocycles. The molecule has 0 atom stereocenters. The molecule has 1 amide bonds. The molecule has 0 bridgehead atoms. The molecule has 19 heavy (non-hydrogen) atoms. The Bertz CT molecular complexity index is 424. The van der Waals surface area contributed by atoms with E-state index < -0.39 is 0 Å². The molecule has 0 unspecified atom stereocenters. The van der Waals surface area contributed by atoms with E-state index in [-0.39, 0.29) is 11.4 Å². The van der Waals surface area contributed by atoms with Crippen molar-refractivity contribution in [2.75, 3.05) is 6.54 Å². The minimum Gasteiger partial charge on any atom is -0.349 e. The maximum absolute atomic E-state index is 12.2. The van der Waals surface area contributed by atoms with Gasteiger partial charge in [0.25, 0.3) is 5.91 Å². The van der Waals surface area contributed by atoms with Crippen LogP contribution in [0.15, 0.2) is 0 Å². The predicted octanol–water partition coefficient (Wildman–Crippen LogP) is 2.65. The van der Waals surface area contributed by atoms with Crippen LogP contribution in [0.5, 0.6) is 0 Å². The smallest absolute Gasteiger partial charge is 0.263 e. The van der Waals surface area contributed by atoms with Gasteiger partial charge in [0.1, 0.15) is 4.88 Å². The lowest BCUT2D eigenvalue weighted by Crippen LogP contribution is -2.49. The molecule has 1 rings (SSSR count). The summed E-state index contributed by atoms with van der Waals surface area (Å²) >= 11 is 1.49. The first-order valence-electron chi connectivity index (χ1n) is 6.99. The van der Waals surface area contributed by atoms with Crippen LogP contribution < -0.4 is 11.1 Å². The molecular formula is C14H25N3OS. The van der Waals surface area contributed by atoms with Crippen molar-refractivity contribution >= 4 is 17.2 Å². The molecule has 0 aliphatic carbocycles. The summed E-state index contributed by atoms with van der Waals surface area (Å²) in [5.74, 6) is -0.0471. The number of aromatic nitrogens is 1. The first kappa shape index (κ1) is 16.1. The second-order valence-electron chi connectivity index (χ2n) is 5.02. The Morgan fingerprint density at radius 1 is 1.37 bits per heavy atom. The maximum atomic E-state index is 12.2. The Kier molecular flexibility index (Phi) is 5.94. The second-order valence-corrected chi connectivity index (χ2v) is 6.11. The van der Waals surface area contributed by atoms with E-state index in [0.29, 0.717) is 6.54 Å². The lowest BCUT2D eigenvalue weighted by atomic mass is 9.94. The molecule has 5 heteroatoms. The van der Waals surface area contributed by atoms with Crippen molar-refractivity contribution in [2.45, 2.75) is 58.9 Å². The monoisotopic (exact) mass is 283 g/mol. The van der Waals surface area contributed by atoms with Gasteiger partial charge < -0.3 is 11.1 Å². The van der Waals surface area contributed by atoms with Gasteiger partial charge in [-0.25, -0.2) is 4.98 Å². The van der Waals surface area contributed by atoms with E-state index >= 15 is 0 Å². The second kappa shape index (κ2) is 7.01. The van der Waals surface area contributed by atoms with Gasteiger partial charge in [0.2, 0.25) is 0 Å². The van der Waals surface area contributed by atoms with E-state index in [1.807, 2.05) is 20.8 Å². The van der Waals surface area contributed by atoms with Crippen LogP contribution in [-0.4, -0.2) is 23.0 Å². The summed E-state index contributed by atoms with van der Waals surface area (Å²) in [6.07, 6.45) is 3.69. The number of thiazole rings is 1. The Morgan fingerprint density at radius 3 is 2.53 bits per heavy atom. The third-order valence-electron chi connectivity index (χ3n) is 3.52. The SMILES string of the molecule is CCCc1nc(C)c(C(=O)NCC(N)(CC)CC)s1. The lowest BCUT2D eigenvalue weighted by molar-refractivity contribution is 0.0945. The minimum atomic E-state index is -0.305. The number of nitrogens with zero attached hydrogens (tertiary/aromatic N) is 1. The van der Waals surface area contributed by atoms with Crippen LogP contribution >= 0.6 is 11.3 Å². The van der Waals surface area contributed by atoms with Crippen molar-refractivity contribution < 1.29 is 4.79 Å². The summed E-state index contributed by atoms with van der Waals surface area (Å²) in [6.45, 7) is 8.61. The maximum Gasteiger partial charge on any atom is 0.263 e. The van der Waals surface area contributed by atoms with E-state index in [1.165, 1.54) is 11.3 Å². The molecule has 1 aromatic heterocycles. The summed E-state index contributed by atoms with van der Waals surface area (Å²) in [5.41, 5.74) is 6.70. The molecule has 0 aromatic carbocycles. The molecule has 0 radical (unpaired) electrons. The highest BCUT2D eigenvalue weighted by Gasteiger charge is 2.22. The number of hydrogen-bond donors (Lipinski definition) is 2. The third kappa shape index (κ3) is 4.28. The normalized spacial score (nSPS) is 11.6. The topological polar surface area (TPSA) is 68.0 Å². The molecule has 1 aromatic rings. The Labute approximate surface area is 119 Å². The average molecular weight is 283 g/mol. The Morgan fingerprint density at radius 2 is 2.00 bits per heavy atom. The summed E-state index contributed by atoms with van der Waals surface area (Å²) in [4.78, 5) is 17.3. The molecule has 0 spiro atoms. The zero-order valence-corrected chi connectivity index (χ0v) is 13.2. The van der Waals surface area contributed by atoms with Crippen LogP contribution in [0.4, 0.5) is 0 Å². The lowest BCUT2D eigenvalue weighted by Gasteiger charge is -2.26. The largest absolute Gasteiger partial charge is 0.349 e. The van der Waals surface area contributed by atoms with Crippen LogP contribution in [0.1, 0.15) is 60.4 Å². The van der Waals surface area contributed by atoms with Crippen LogP contribution in [0, 0.1) is 6.92 Å². The molecule has 1 heterocycles. The highest BCUT2D eigenvalue weighted by Crippen LogP contribution is 2.19.